The summed E-state index contributed by atoms with van der Waals surface area (Å²) in [6, 6.07) is 7.23. The summed E-state index contributed by atoms with van der Waals surface area (Å²) in [5.41, 5.74) is 0.796. The second-order valence-corrected chi connectivity index (χ2v) is 6.79. The lowest BCUT2D eigenvalue weighted by molar-refractivity contribution is 0.115. The third-order valence-corrected chi connectivity index (χ3v) is 4.99. The van der Waals surface area contributed by atoms with Gasteiger partial charge in [0.2, 0.25) is 0 Å². The average Bonchev–Trinajstić information content (AvgIpc) is 3.22. The van der Waals surface area contributed by atoms with Gasteiger partial charge in [0.15, 0.2) is 17.8 Å². The van der Waals surface area contributed by atoms with Crippen LogP contribution in [0.2, 0.25) is 0 Å². The van der Waals surface area contributed by atoms with Crippen LogP contribution in [0.4, 0.5) is 21.8 Å². The molecule has 1 fully saturated rings. The molecular weight excluding hydrogens is 373 g/mol. The first-order valence-electron chi connectivity index (χ1n) is 9.22. The number of alkyl halides is 1. The van der Waals surface area contributed by atoms with Crippen molar-refractivity contribution >= 4 is 17.5 Å². The number of halogens is 1. The molecule has 8 nitrogen and oxygen atoms in total. The number of nitrogens with zero attached hydrogens (tertiary/aromatic N) is 4. The zero-order valence-corrected chi connectivity index (χ0v) is 15.9. The van der Waals surface area contributed by atoms with Gasteiger partial charge in [-0.1, -0.05) is 12.6 Å². The van der Waals surface area contributed by atoms with Crippen molar-refractivity contribution in [1.29, 1.82) is 0 Å². The maximum absolute atomic E-state index is 15.3. The van der Waals surface area contributed by atoms with Crippen LogP contribution in [-0.4, -0.2) is 40.4 Å². The summed E-state index contributed by atoms with van der Waals surface area (Å²) < 4.78 is 20.8. The largest absolute Gasteiger partial charge is 0.496 e. The standard InChI is InChI=1S/C20H20FN7O/c1-22-18-11-25-19(12-24-18)26-17-10-15(27-28-17)14-4-3-13(9-16(14)29-2)20(21)5-7-23-8-6-20/h3-4,9-12,23H,5-8H2,2H3,(H2,25,26,27,28). The molecule has 148 valence electrons. The molecule has 1 aliphatic heterocycles. The fraction of sp³-hybridized carbons (Fsp3) is 0.300. The van der Waals surface area contributed by atoms with Crippen LogP contribution in [0.25, 0.3) is 16.1 Å². The third-order valence-electron chi connectivity index (χ3n) is 4.99. The second-order valence-electron chi connectivity index (χ2n) is 6.79. The molecule has 3 aromatic rings. The van der Waals surface area contributed by atoms with E-state index in [2.05, 4.69) is 35.6 Å². The maximum atomic E-state index is 15.3. The number of H-pyrrole nitrogens is 1. The predicted molar refractivity (Wildman–Crippen MR) is 107 cm³/mol. The molecule has 0 saturated carbocycles. The molecule has 3 heterocycles. The molecule has 0 unspecified atom stereocenters. The van der Waals surface area contributed by atoms with E-state index in [1.165, 1.54) is 12.4 Å². The van der Waals surface area contributed by atoms with Crippen molar-refractivity contribution in [3.63, 3.8) is 0 Å². The molecule has 9 heteroatoms. The Morgan fingerprint density at radius 3 is 2.69 bits per heavy atom. The molecular formula is C20H20FN7O. The highest BCUT2D eigenvalue weighted by molar-refractivity contribution is 5.71. The topological polar surface area (TPSA) is 92.1 Å². The van der Waals surface area contributed by atoms with E-state index in [9.17, 15) is 0 Å². The fourth-order valence-electron chi connectivity index (χ4n) is 3.40. The van der Waals surface area contributed by atoms with Crippen LogP contribution in [0, 0.1) is 6.57 Å². The number of ether oxygens (including phenoxy) is 1. The third kappa shape index (κ3) is 3.88. The van der Waals surface area contributed by atoms with E-state index in [1.54, 1.807) is 19.2 Å². The highest BCUT2D eigenvalue weighted by atomic mass is 19.1. The van der Waals surface area contributed by atoms with Gasteiger partial charge in [-0.15, -0.1) is 4.98 Å². The predicted octanol–water partition coefficient (Wildman–Crippen LogP) is 3.72. The first-order chi connectivity index (χ1) is 14.1. The Bertz CT molecular complexity index is 1040. The quantitative estimate of drug-likeness (QED) is 0.572. The number of anilines is 2. The SMILES string of the molecule is [C-]#[N+]c1cnc(Nc2cc(-c3ccc(C4(F)CCNCC4)cc3OC)[nH]n2)cn1. The van der Waals surface area contributed by atoms with Crippen molar-refractivity contribution in [2.45, 2.75) is 18.5 Å². The van der Waals surface area contributed by atoms with Gasteiger partial charge in [-0.05, 0) is 43.6 Å². The minimum absolute atomic E-state index is 0.225. The number of aromatic amines is 1. The van der Waals surface area contributed by atoms with Crippen LogP contribution in [-0.2, 0) is 5.67 Å². The molecule has 0 atom stereocenters. The van der Waals surface area contributed by atoms with Crippen LogP contribution in [0.15, 0.2) is 36.7 Å². The van der Waals surface area contributed by atoms with Crippen molar-refractivity contribution in [2.75, 3.05) is 25.5 Å². The summed E-state index contributed by atoms with van der Waals surface area (Å²) in [6.07, 6.45) is 3.75. The first-order valence-corrected chi connectivity index (χ1v) is 9.22. The van der Waals surface area contributed by atoms with Gasteiger partial charge in [0.1, 0.15) is 11.4 Å². The highest BCUT2D eigenvalue weighted by Crippen LogP contribution is 2.39. The van der Waals surface area contributed by atoms with Gasteiger partial charge in [-0.2, -0.15) is 5.10 Å². The van der Waals surface area contributed by atoms with Gasteiger partial charge in [0.05, 0.1) is 19.0 Å². The Morgan fingerprint density at radius 2 is 2.00 bits per heavy atom. The van der Waals surface area contributed by atoms with Gasteiger partial charge in [-0.3, -0.25) is 5.10 Å². The number of hydrogen-bond donors (Lipinski definition) is 3. The minimum atomic E-state index is -1.34. The summed E-state index contributed by atoms with van der Waals surface area (Å²) >= 11 is 0. The number of rotatable bonds is 5. The molecule has 29 heavy (non-hydrogen) atoms. The molecule has 2 aromatic heterocycles. The molecule has 0 radical (unpaired) electrons. The van der Waals surface area contributed by atoms with Crippen LogP contribution in [0.1, 0.15) is 18.4 Å². The van der Waals surface area contributed by atoms with Crippen molar-refractivity contribution in [2.24, 2.45) is 0 Å². The summed E-state index contributed by atoms with van der Waals surface area (Å²) in [5, 5.41) is 13.4. The molecule has 4 rings (SSSR count). The van der Waals surface area contributed by atoms with E-state index in [0.29, 0.717) is 48.9 Å². The van der Waals surface area contributed by atoms with E-state index >= 15 is 4.39 Å². The van der Waals surface area contributed by atoms with Gasteiger partial charge in [0.25, 0.3) is 5.82 Å². The molecule has 0 bridgehead atoms. The van der Waals surface area contributed by atoms with Crippen LogP contribution in [0.5, 0.6) is 5.75 Å². The van der Waals surface area contributed by atoms with Crippen molar-refractivity contribution in [3.8, 4) is 17.0 Å². The number of benzene rings is 1. The number of methoxy groups -OCH3 is 1. The van der Waals surface area contributed by atoms with E-state index in [-0.39, 0.29) is 5.82 Å². The van der Waals surface area contributed by atoms with Gasteiger partial charge < -0.3 is 20.2 Å². The summed E-state index contributed by atoms with van der Waals surface area (Å²) in [7, 11) is 1.57. The Kier molecular flexibility index (Phi) is 5.10. The lowest BCUT2D eigenvalue weighted by atomic mass is 9.86. The van der Waals surface area contributed by atoms with Crippen LogP contribution < -0.4 is 15.4 Å². The second kappa shape index (κ2) is 7.85. The average molecular weight is 393 g/mol. The van der Waals surface area contributed by atoms with E-state index in [4.69, 9.17) is 11.3 Å². The van der Waals surface area contributed by atoms with E-state index in [0.717, 1.165) is 11.3 Å². The molecule has 1 aromatic carbocycles. The van der Waals surface area contributed by atoms with Crippen LogP contribution >= 0.6 is 0 Å². The summed E-state index contributed by atoms with van der Waals surface area (Å²) in [6.45, 7) is 8.24. The Morgan fingerprint density at radius 1 is 1.17 bits per heavy atom. The van der Waals surface area contributed by atoms with Gasteiger partial charge in [-0.25, -0.2) is 9.37 Å². The van der Waals surface area contributed by atoms with E-state index in [1.807, 2.05) is 12.1 Å². The smallest absolute Gasteiger partial charge is 0.288 e. The molecule has 1 saturated heterocycles. The Hall–Kier alpha value is -3.51. The molecule has 0 aliphatic carbocycles. The zero-order chi connectivity index (χ0) is 20.3. The van der Waals surface area contributed by atoms with Crippen molar-refractivity contribution in [1.82, 2.24) is 25.5 Å². The van der Waals surface area contributed by atoms with E-state index < -0.39 is 5.67 Å². The maximum Gasteiger partial charge on any atom is 0.288 e. The monoisotopic (exact) mass is 393 g/mol. The summed E-state index contributed by atoms with van der Waals surface area (Å²) in [4.78, 5) is 11.3. The number of hydrogen-bond acceptors (Lipinski definition) is 6. The normalized spacial score (nSPS) is 15.5. The lowest BCUT2D eigenvalue weighted by Gasteiger charge is -2.30. The Labute approximate surface area is 167 Å². The van der Waals surface area contributed by atoms with Crippen molar-refractivity contribution < 1.29 is 9.13 Å². The molecule has 1 aliphatic rings. The number of nitrogens with one attached hydrogen (secondary N) is 3. The fourth-order valence-corrected chi connectivity index (χ4v) is 3.40. The highest BCUT2D eigenvalue weighted by Gasteiger charge is 2.34. The minimum Gasteiger partial charge on any atom is -0.496 e. The van der Waals surface area contributed by atoms with Crippen molar-refractivity contribution in [3.05, 3.63) is 53.6 Å². The zero-order valence-electron chi connectivity index (χ0n) is 15.9. The summed E-state index contributed by atoms with van der Waals surface area (Å²) in [5.74, 6) is 1.82. The molecule has 0 spiro atoms. The Balaban J connectivity index is 1.57. The number of aromatic nitrogens is 4. The van der Waals surface area contributed by atoms with Gasteiger partial charge in [0, 0.05) is 11.6 Å². The lowest BCUT2D eigenvalue weighted by Crippen LogP contribution is -2.36. The van der Waals surface area contributed by atoms with Crippen LogP contribution in [0.3, 0.4) is 0 Å². The molecule has 0 amide bonds. The first kappa shape index (κ1) is 18.8. The number of piperidine rings is 1. The van der Waals surface area contributed by atoms with Gasteiger partial charge >= 0.3 is 0 Å². The molecule has 3 N–H and O–H groups in total.